The number of halogens is 1. The first-order chi connectivity index (χ1) is 8.84. The Hall–Kier alpha value is -1.17. The van der Waals surface area contributed by atoms with Crippen molar-refractivity contribution in [3.63, 3.8) is 0 Å². The van der Waals surface area contributed by atoms with E-state index in [9.17, 15) is 4.39 Å². The summed E-state index contributed by atoms with van der Waals surface area (Å²) in [7, 11) is 0. The van der Waals surface area contributed by atoms with Gasteiger partial charge >= 0.3 is 0 Å². The van der Waals surface area contributed by atoms with E-state index in [1.54, 1.807) is 18.2 Å². The van der Waals surface area contributed by atoms with Crippen LogP contribution in [0.3, 0.4) is 0 Å². The Kier molecular flexibility index (Phi) is 8.12. The second kappa shape index (κ2) is 9.82. The molecule has 0 aliphatic heterocycles. The van der Waals surface area contributed by atoms with Crippen molar-refractivity contribution in [3.05, 3.63) is 30.1 Å². The monoisotopic (exact) mass is 257 g/mol. The standard InChI is InChI=1S/C13H20FNO3/c14-12-4-1-2-5-13(12)18-8-3-7-16-10-11-17-9-6-15/h1-2,4-5H,3,6-11,15H2. The number of para-hydroxylation sites is 1. The third-order valence-corrected chi connectivity index (χ3v) is 2.16. The molecule has 0 radical (unpaired) electrons. The van der Waals surface area contributed by atoms with E-state index in [0.717, 1.165) is 0 Å². The van der Waals surface area contributed by atoms with Gasteiger partial charge in [-0.25, -0.2) is 4.39 Å². The number of benzene rings is 1. The lowest BCUT2D eigenvalue weighted by atomic mass is 10.3. The van der Waals surface area contributed by atoms with E-state index in [2.05, 4.69) is 0 Å². The second-order valence-electron chi connectivity index (χ2n) is 3.65. The van der Waals surface area contributed by atoms with E-state index in [4.69, 9.17) is 19.9 Å². The largest absolute Gasteiger partial charge is 0.490 e. The summed E-state index contributed by atoms with van der Waals surface area (Å²) >= 11 is 0. The van der Waals surface area contributed by atoms with Crippen molar-refractivity contribution in [2.45, 2.75) is 6.42 Å². The van der Waals surface area contributed by atoms with Crippen LogP contribution in [0, 0.1) is 5.82 Å². The van der Waals surface area contributed by atoms with Crippen molar-refractivity contribution in [1.82, 2.24) is 0 Å². The lowest BCUT2D eigenvalue weighted by Crippen LogP contribution is -2.13. The molecule has 0 aromatic heterocycles. The molecule has 1 aromatic carbocycles. The average Bonchev–Trinajstić information content (AvgIpc) is 2.39. The van der Waals surface area contributed by atoms with E-state index in [-0.39, 0.29) is 11.6 Å². The second-order valence-corrected chi connectivity index (χ2v) is 3.65. The van der Waals surface area contributed by atoms with E-state index in [0.29, 0.717) is 46.0 Å². The van der Waals surface area contributed by atoms with Crippen molar-refractivity contribution in [3.8, 4) is 5.75 Å². The molecule has 102 valence electrons. The Morgan fingerprint density at radius 3 is 2.39 bits per heavy atom. The van der Waals surface area contributed by atoms with Gasteiger partial charge in [0.15, 0.2) is 11.6 Å². The molecule has 5 heteroatoms. The molecule has 0 unspecified atom stereocenters. The molecule has 0 fully saturated rings. The van der Waals surface area contributed by atoms with Crippen LogP contribution in [0.5, 0.6) is 5.75 Å². The van der Waals surface area contributed by atoms with Gasteiger partial charge in [0.2, 0.25) is 0 Å². The van der Waals surface area contributed by atoms with Crippen molar-refractivity contribution < 1.29 is 18.6 Å². The van der Waals surface area contributed by atoms with Crippen molar-refractivity contribution in [2.24, 2.45) is 5.73 Å². The molecule has 0 amide bonds. The molecule has 1 rings (SSSR count). The maximum absolute atomic E-state index is 13.2. The number of ether oxygens (including phenoxy) is 3. The van der Waals surface area contributed by atoms with Crippen LogP contribution in [0.4, 0.5) is 4.39 Å². The Balaban J connectivity index is 1.94. The van der Waals surface area contributed by atoms with Gasteiger partial charge in [-0.05, 0) is 12.1 Å². The Bertz CT molecular complexity index is 323. The average molecular weight is 257 g/mol. The summed E-state index contributed by atoms with van der Waals surface area (Å²) in [5.74, 6) is -0.0580. The summed E-state index contributed by atoms with van der Waals surface area (Å²) in [5, 5.41) is 0. The van der Waals surface area contributed by atoms with Gasteiger partial charge in [-0.15, -0.1) is 0 Å². The molecule has 0 heterocycles. The van der Waals surface area contributed by atoms with Crippen LogP contribution >= 0.6 is 0 Å². The predicted molar refractivity (Wildman–Crippen MR) is 67.2 cm³/mol. The summed E-state index contributed by atoms with van der Waals surface area (Å²) in [6, 6.07) is 6.35. The molecule has 0 aliphatic carbocycles. The predicted octanol–water partition coefficient (Wildman–Crippen LogP) is 1.59. The molecule has 0 aliphatic rings. The fourth-order valence-corrected chi connectivity index (χ4v) is 1.31. The van der Waals surface area contributed by atoms with Crippen molar-refractivity contribution in [1.29, 1.82) is 0 Å². The first-order valence-electron chi connectivity index (χ1n) is 6.07. The molecular weight excluding hydrogens is 237 g/mol. The number of hydrogen-bond acceptors (Lipinski definition) is 4. The van der Waals surface area contributed by atoms with Crippen LogP contribution in [0.2, 0.25) is 0 Å². The first-order valence-corrected chi connectivity index (χ1v) is 6.07. The summed E-state index contributed by atoms with van der Waals surface area (Å²) in [4.78, 5) is 0. The Morgan fingerprint density at radius 2 is 1.67 bits per heavy atom. The highest BCUT2D eigenvalue weighted by molar-refractivity contribution is 5.23. The quantitative estimate of drug-likeness (QED) is 0.647. The SMILES string of the molecule is NCCOCCOCCCOc1ccccc1F. The van der Waals surface area contributed by atoms with Crippen LogP contribution in [0.1, 0.15) is 6.42 Å². The number of rotatable bonds is 10. The summed E-state index contributed by atoms with van der Waals surface area (Å²) in [5.41, 5.74) is 5.26. The molecule has 2 N–H and O–H groups in total. The maximum Gasteiger partial charge on any atom is 0.165 e. The van der Waals surface area contributed by atoms with Gasteiger partial charge in [0.05, 0.1) is 26.4 Å². The van der Waals surface area contributed by atoms with E-state index in [1.165, 1.54) is 6.07 Å². The zero-order valence-corrected chi connectivity index (χ0v) is 10.4. The topological polar surface area (TPSA) is 53.7 Å². The van der Waals surface area contributed by atoms with Crippen LogP contribution in [0.25, 0.3) is 0 Å². The summed E-state index contributed by atoms with van der Waals surface area (Å²) < 4.78 is 28.9. The summed E-state index contributed by atoms with van der Waals surface area (Å²) in [6.45, 7) is 3.17. The van der Waals surface area contributed by atoms with Gasteiger partial charge in [0.1, 0.15) is 0 Å². The van der Waals surface area contributed by atoms with E-state index in [1.807, 2.05) is 0 Å². The number of nitrogens with two attached hydrogens (primary N) is 1. The minimum Gasteiger partial charge on any atom is -0.490 e. The van der Waals surface area contributed by atoms with Gasteiger partial charge in [0, 0.05) is 19.6 Å². The number of hydrogen-bond donors (Lipinski definition) is 1. The highest BCUT2D eigenvalue weighted by Crippen LogP contribution is 2.15. The minimum absolute atomic E-state index is 0.281. The normalized spacial score (nSPS) is 10.6. The van der Waals surface area contributed by atoms with Crippen molar-refractivity contribution in [2.75, 3.05) is 39.6 Å². The fraction of sp³-hybridized carbons (Fsp3) is 0.538. The lowest BCUT2D eigenvalue weighted by Gasteiger charge is -2.07. The zero-order valence-electron chi connectivity index (χ0n) is 10.4. The Morgan fingerprint density at radius 1 is 0.944 bits per heavy atom. The van der Waals surface area contributed by atoms with Gasteiger partial charge in [-0.1, -0.05) is 12.1 Å². The minimum atomic E-state index is -0.339. The Labute approximate surface area is 107 Å². The lowest BCUT2D eigenvalue weighted by molar-refractivity contribution is 0.0462. The van der Waals surface area contributed by atoms with E-state index >= 15 is 0 Å². The third-order valence-electron chi connectivity index (χ3n) is 2.16. The van der Waals surface area contributed by atoms with Crippen LogP contribution in [-0.2, 0) is 9.47 Å². The zero-order chi connectivity index (χ0) is 13.1. The molecule has 4 nitrogen and oxygen atoms in total. The molecule has 18 heavy (non-hydrogen) atoms. The molecular formula is C13H20FNO3. The van der Waals surface area contributed by atoms with Crippen molar-refractivity contribution >= 4 is 0 Å². The first kappa shape index (κ1) is 14.9. The molecule has 1 aromatic rings. The van der Waals surface area contributed by atoms with Gasteiger partial charge in [-0.2, -0.15) is 0 Å². The fourth-order valence-electron chi connectivity index (χ4n) is 1.31. The highest BCUT2D eigenvalue weighted by atomic mass is 19.1. The molecule has 0 spiro atoms. The summed E-state index contributed by atoms with van der Waals surface area (Å²) in [6.07, 6.45) is 0.714. The molecule has 0 atom stereocenters. The highest BCUT2D eigenvalue weighted by Gasteiger charge is 2.00. The molecule has 0 saturated heterocycles. The van der Waals surface area contributed by atoms with Crippen LogP contribution < -0.4 is 10.5 Å². The van der Waals surface area contributed by atoms with Gasteiger partial charge in [-0.3, -0.25) is 0 Å². The third kappa shape index (κ3) is 6.54. The molecule has 0 saturated carbocycles. The van der Waals surface area contributed by atoms with Crippen LogP contribution in [-0.4, -0.2) is 39.6 Å². The van der Waals surface area contributed by atoms with Gasteiger partial charge in [0.25, 0.3) is 0 Å². The van der Waals surface area contributed by atoms with E-state index < -0.39 is 0 Å². The van der Waals surface area contributed by atoms with Gasteiger partial charge < -0.3 is 19.9 Å². The smallest absolute Gasteiger partial charge is 0.165 e. The van der Waals surface area contributed by atoms with Crippen LogP contribution in [0.15, 0.2) is 24.3 Å². The maximum atomic E-state index is 13.2. The molecule has 0 bridgehead atoms.